The summed E-state index contributed by atoms with van der Waals surface area (Å²) in [5, 5.41) is 12.8. The lowest BCUT2D eigenvalue weighted by Crippen LogP contribution is -2.36. The topological polar surface area (TPSA) is 49.3 Å². The molecule has 2 rings (SSSR count). The minimum atomic E-state index is -0.696. The fraction of sp³-hybridized carbons (Fsp3) is 0.533. The number of rotatable bonds is 4. The summed E-state index contributed by atoms with van der Waals surface area (Å²) in [5.41, 5.74) is 0.869. The van der Waals surface area contributed by atoms with Crippen LogP contribution < -0.4 is 5.32 Å². The van der Waals surface area contributed by atoms with Crippen LogP contribution in [0.25, 0.3) is 0 Å². The first-order valence-corrected chi connectivity index (χ1v) is 7.29. The van der Waals surface area contributed by atoms with E-state index in [1.165, 1.54) is 12.1 Å². The van der Waals surface area contributed by atoms with E-state index >= 15 is 0 Å². The second-order valence-electron chi connectivity index (χ2n) is 5.44. The third kappa shape index (κ3) is 3.70. The van der Waals surface area contributed by atoms with Gasteiger partial charge in [0.2, 0.25) is 0 Å². The van der Waals surface area contributed by atoms with E-state index in [1.807, 2.05) is 6.92 Å². The minimum Gasteiger partial charge on any atom is -0.481 e. The molecule has 0 aromatic heterocycles. The summed E-state index contributed by atoms with van der Waals surface area (Å²) in [6.07, 6.45) is 3.11. The van der Waals surface area contributed by atoms with E-state index < -0.39 is 5.97 Å². The standard InChI is InChI=1S/C15H19ClFNO2/c1-9(13-7-4-11(17)8-14(13)16)18-12-5-2-10(3-6-12)15(19)20/h4,7-10,12,18H,2-3,5-6H2,1H3,(H,19,20)/t9-,10?,12?/m0/s1. The van der Waals surface area contributed by atoms with Gasteiger partial charge in [-0.2, -0.15) is 0 Å². The van der Waals surface area contributed by atoms with Gasteiger partial charge in [-0.1, -0.05) is 17.7 Å². The van der Waals surface area contributed by atoms with Gasteiger partial charge in [0, 0.05) is 17.1 Å². The summed E-state index contributed by atoms with van der Waals surface area (Å²) >= 11 is 6.05. The molecular formula is C15H19ClFNO2. The van der Waals surface area contributed by atoms with Crippen molar-refractivity contribution in [1.29, 1.82) is 0 Å². The maximum Gasteiger partial charge on any atom is 0.306 e. The maximum atomic E-state index is 13.0. The maximum absolute atomic E-state index is 13.0. The number of carboxylic acid groups (broad SMARTS) is 1. The van der Waals surface area contributed by atoms with Crippen molar-refractivity contribution < 1.29 is 14.3 Å². The molecule has 1 aromatic carbocycles. The first kappa shape index (κ1) is 15.3. The Balaban J connectivity index is 1.92. The van der Waals surface area contributed by atoms with Gasteiger partial charge in [0.05, 0.1) is 5.92 Å². The predicted octanol–water partition coefficient (Wildman–Crippen LogP) is 3.77. The molecule has 0 bridgehead atoms. The number of benzene rings is 1. The Morgan fingerprint density at radius 3 is 2.60 bits per heavy atom. The third-order valence-electron chi connectivity index (χ3n) is 3.99. The summed E-state index contributed by atoms with van der Waals surface area (Å²) < 4.78 is 13.0. The van der Waals surface area contributed by atoms with Crippen LogP contribution in [0.15, 0.2) is 18.2 Å². The molecule has 1 atom stereocenters. The van der Waals surface area contributed by atoms with Crippen LogP contribution in [0.2, 0.25) is 5.02 Å². The number of halogens is 2. The van der Waals surface area contributed by atoms with Crippen LogP contribution in [0.4, 0.5) is 4.39 Å². The van der Waals surface area contributed by atoms with Gasteiger partial charge in [-0.15, -0.1) is 0 Å². The van der Waals surface area contributed by atoms with Crippen molar-refractivity contribution in [2.45, 2.75) is 44.7 Å². The number of hydrogen-bond acceptors (Lipinski definition) is 2. The van der Waals surface area contributed by atoms with Crippen molar-refractivity contribution in [2.75, 3.05) is 0 Å². The van der Waals surface area contributed by atoms with E-state index in [9.17, 15) is 9.18 Å². The zero-order valence-electron chi connectivity index (χ0n) is 11.4. The number of aliphatic carboxylic acids is 1. The van der Waals surface area contributed by atoms with Crippen LogP contribution in [0.5, 0.6) is 0 Å². The Morgan fingerprint density at radius 2 is 2.05 bits per heavy atom. The Hall–Kier alpha value is -1.13. The Morgan fingerprint density at radius 1 is 1.40 bits per heavy atom. The highest BCUT2D eigenvalue weighted by atomic mass is 35.5. The van der Waals surface area contributed by atoms with Crippen LogP contribution in [-0.4, -0.2) is 17.1 Å². The predicted molar refractivity (Wildman–Crippen MR) is 76.3 cm³/mol. The van der Waals surface area contributed by atoms with Crippen molar-refractivity contribution in [2.24, 2.45) is 5.92 Å². The van der Waals surface area contributed by atoms with Gasteiger partial charge in [-0.25, -0.2) is 4.39 Å². The van der Waals surface area contributed by atoms with Gasteiger partial charge in [0.1, 0.15) is 5.82 Å². The first-order chi connectivity index (χ1) is 9.47. The molecule has 0 saturated heterocycles. The van der Waals surface area contributed by atoms with Crippen molar-refractivity contribution in [3.05, 3.63) is 34.6 Å². The molecule has 0 radical (unpaired) electrons. The number of carboxylic acids is 1. The summed E-state index contributed by atoms with van der Waals surface area (Å²) in [4.78, 5) is 10.9. The van der Waals surface area contributed by atoms with Crippen molar-refractivity contribution in [3.8, 4) is 0 Å². The van der Waals surface area contributed by atoms with E-state index in [2.05, 4.69) is 5.32 Å². The molecule has 20 heavy (non-hydrogen) atoms. The van der Waals surface area contributed by atoms with Crippen LogP contribution in [-0.2, 0) is 4.79 Å². The molecule has 1 aliphatic carbocycles. The third-order valence-corrected chi connectivity index (χ3v) is 4.32. The minimum absolute atomic E-state index is 0.0227. The number of hydrogen-bond donors (Lipinski definition) is 2. The summed E-state index contributed by atoms with van der Waals surface area (Å²) in [6, 6.07) is 4.73. The van der Waals surface area contributed by atoms with Crippen molar-refractivity contribution in [3.63, 3.8) is 0 Å². The van der Waals surface area contributed by atoms with Crippen molar-refractivity contribution in [1.82, 2.24) is 5.32 Å². The largest absolute Gasteiger partial charge is 0.481 e. The molecule has 0 aliphatic heterocycles. The number of nitrogens with one attached hydrogen (secondary N) is 1. The average molecular weight is 300 g/mol. The van der Waals surface area contributed by atoms with Crippen LogP contribution in [0, 0.1) is 11.7 Å². The molecule has 2 N–H and O–H groups in total. The van der Waals surface area contributed by atoms with Gasteiger partial charge in [0.25, 0.3) is 0 Å². The van der Waals surface area contributed by atoms with E-state index in [4.69, 9.17) is 16.7 Å². The van der Waals surface area contributed by atoms with E-state index in [-0.39, 0.29) is 17.8 Å². The first-order valence-electron chi connectivity index (χ1n) is 6.91. The Bertz CT molecular complexity index is 487. The zero-order valence-corrected chi connectivity index (χ0v) is 12.2. The Labute approximate surface area is 123 Å². The molecule has 110 valence electrons. The van der Waals surface area contributed by atoms with Crippen LogP contribution in [0.3, 0.4) is 0 Å². The SMILES string of the molecule is C[C@H](NC1CCC(C(=O)O)CC1)c1ccc(F)cc1Cl. The van der Waals surface area contributed by atoms with Gasteiger partial charge < -0.3 is 10.4 Å². The Kier molecular flexibility index (Phi) is 5.00. The van der Waals surface area contributed by atoms with Crippen LogP contribution in [0.1, 0.15) is 44.2 Å². The molecule has 0 heterocycles. The average Bonchev–Trinajstić information content (AvgIpc) is 2.39. The normalized spacial score (nSPS) is 24.4. The fourth-order valence-corrected chi connectivity index (χ4v) is 3.13. The second-order valence-corrected chi connectivity index (χ2v) is 5.85. The monoisotopic (exact) mass is 299 g/mol. The van der Waals surface area contributed by atoms with Crippen molar-refractivity contribution >= 4 is 17.6 Å². The summed E-state index contributed by atoms with van der Waals surface area (Å²) in [7, 11) is 0. The summed E-state index contributed by atoms with van der Waals surface area (Å²) in [5.74, 6) is -1.25. The molecule has 1 saturated carbocycles. The van der Waals surface area contributed by atoms with Crippen LogP contribution >= 0.6 is 11.6 Å². The molecule has 0 spiro atoms. The molecule has 0 unspecified atom stereocenters. The number of carbonyl (C=O) groups is 1. The highest BCUT2D eigenvalue weighted by molar-refractivity contribution is 6.31. The molecule has 0 amide bonds. The lowest BCUT2D eigenvalue weighted by molar-refractivity contribution is -0.142. The lowest BCUT2D eigenvalue weighted by atomic mass is 9.85. The van der Waals surface area contributed by atoms with E-state index in [0.717, 1.165) is 18.4 Å². The highest BCUT2D eigenvalue weighted by Gasteiger charge is 2.26. The smallest absolute Gasteiger partial charge is 0.306 e. The van der Waals surface area contributed by atoms with E-state index in [0.29, 0.717) is 23.9 Å². The summed E-state index contributed by atoms with van der Waals surface area (Å²) in [6.45, 7) is 1.99. The molecule has 1 aromatic rings. The molecular weight excluding hydrogens is 281 g/mol. The quantitative estimate of drug-likeness (QED) is 0.889. The second kappa shape index (κ2) is 6.55. The van der Waals surface area contributed by atoms with Gasteiger partial charge >= 0.3 is 5.97 Å². The van der Waals surface area contributed by atoms with E-state index in [1.54, 1.807) is 6.07 Å². The molecule has 3 nitrogen and oxygen atoms in total. The lowest BCUT2D eigenvalue weighted by Gasteiger charge is -2.30. The molecule has 1 fully saturated rings. The molecule has 1 aliphatic rings. The molecule has 5 heteroatoms. The van der Waals surface area contributed by atoms with Gasteiger partial charge in [-0.3, -0.25) is 4.79 Å². The highest BCUT2D eigenvalue weighted by Crippen LogP contribution is 2.28. The zero-order chi connectivity index (χ0) is 14.7. The van der Waals surface area contributed by atoms with Gasteiger partial charge in [0.15, 0.2) is 0 Å². The van der Waals surface area contributed by atoms with Gasteiger partial charge in [-0.05, 0) is 50.3 Å². The fourth-order valence-electron chi connectivity index (χ4n) is 2.80.